The molecular formula is C36H27N3O2S2. The molecule has 0 saturated carbocycles. The van der Waals surface area contributed by atoms with Gasteiger partial charge in [-0.2, -0.15) is 0 Å². The van der Waals surface area contributed by atoms with E-state index in [9.17, 15) is 8.42 Å². The maximum Gasteiger partial charge on any atom is 0.0907 e. The smallest absolute Gasteiger partial charge is 0.0907 e. The molecule has 3 heterocycles. The molecule has 3 aliphatic heterocycles. The molecular weight excluding hydrogens is 571 g/mol. The lowest BCUT2D eigenvalue weighted by molar-refractivity contribution is 0.667. The molecule has 5 nitrogen and oxygen atoms in total. The van der Waals surface area contributed by atoms with Crippen LogP contribution in [0.5, 0.6) is 0 Å². The monoisotopic (exact) mass is 597 g/mol. The summed E-state index contributed by atoms with van der Waals surface area (Å²) in [6.45, 7) is 2.00. The molecule has 5 aromatic carbocycles. The lowest BCUT2D eigenvalue weighted by Gasteiger charge is -2.43. The number of hydrogen-bond acceptors (Lipinski definition) is 5. The van der Waals surface area contributed by atoms with Crippen molar-refractivity contribution in [2.45, 2.75) is 22.8 Å². The molecule has 5 aromatic rings. The topological polar surface area (TPSA) is 52.7 Å². The number of rotatable bonds is 4. The average Bonchev–Trinajstić information content (AvgIpc) is 3.06. The van der Waals surface area contributed by atoms with E-state index in [4.69, 9.17) is 0 Å². The highest BCUT2D eigenvalue weighted by atomic mass is 32.2. The summed E-state index contributed by atoms with van der Waals surface area (Å²) in [6.07, 6.45) is 1.83. The number of nitrogens with one attached hydrogen (secondary N) is 1. The summed E-state index contributed by atoms with van der Waals surface area (Å²) in [5.74, 6) is 0. The molecule has 43 heavy (non-hydrogen) atoms. The minimum absolute atomic E-state index is 0.152. The molecule has 210 valence electrons. The van der Waals surface area contributed by atoms with Gasteiger partial charge in [0.2, 0.25) is 0 Å². The summed E-state index contributed by atoms with van der Waals surface area (Å²) in [5.41, 5.74) is 7.76. The minimum Gasteiger partial charge on any atom is -0.383 e. The van der Waals surface area contributed by atoms with Crippen LogP contribution in [0.4, 0.5) is 28.4 Å². The first-order chi connectivity index (χ1) is 21.1. The Balaban J connectivity index is 1.31. The zero-order valence-corrected chi connectivity index (χ0v) is 24.9. The molecule has 0 aromatic heterocycles. The first-order valence-corrected chi connectivity index (χ1v) is 16.5. The number of para-hydroxylation sites is 2. The van der Waals surface area contributed by atoms with Crippen LogP contribution >= 0.6 is 0 Å². The van der Waals surface area contributed by atoms with Crippen LogP contribution in [-0.4, -0.2) is 14.5 Å². The second-order valence-corrected chi connectivity index (χ2v) is 13.5. The number of hydrogen-bond donors (Lipinski definition) is 1. The van der Waals surface area contributed by atoms with Crippen molar-refractivity contribution in [3.05, 3.63) is 149 Å². The normalized spacial score (nSPS) is 19.9. The molecule has 3 aliphatic rings. The van der Waals surface area contributed by atoms with E-state index in [-0.39, 0.29) is 6.04 Å². The molecule has 0 radical (unpaired) electrons. The highest BCUT2D eigenvalue weighted by Gasteiger charge is 2.43. The molecule has 0 bridgehead atoms. The Morgan fingerprint density at radius 2 is 1.23 bits per heavy atom. The zero-order chi connectivity index (χ0) is 29.1. The second kappa shape index (κ2) is 10.2. The van der Waals surface area contributed by atoms with E-state index in [0.29, 0.717) is 4.91 Å². The van der Waals surface area contributed by atoms with Gasteiger partial charge in [-0.25, -0.2) is 8.42 Å². The van der Waals surface area contributed by atoms with E-state index < -0.39 is 21.6 Å². The summed E-state index contributed by atoms with van der Waals surface area (Å²) in [4.78, 5) is 7.29. The first-order valence-electron chi connectivity index (χ1n) is 14.2. The standard InChI is InChI=1S/C36H27N3O2S2/c1-24-36-35-34(23-37-24)42(40)32-15-9-8-14-30(32)39(35)31-22-29(20-21-33(31)43(36)41)38(27-12-6-3-7-13-27)28-18-16-26(17-19-28)25-10-4-2-5-11-25/h2-24,37H,1H3. The molecule has 8 rings (SSSR count). The molecule has 0 spiro atoms. The lowest BCUT2D eigenvalue weighted by Crippen LogP contribution is -2.41. The molecule has 3 unspecified atom stereocenters. The van der Waals surface area contributed by atoms with Gasteiger partial charge in [-0.1, -0.05) is 72.8 Å². The fourth-order valence-electron chi connectivity index (χ4n) is 6.12. The van der Waals surface area contributed by atoms with Crippen LogP contribution in [-0.2, 0) is 21.6 Å². The van der Waals surface area contributed by atoms with Gasteiger partial charge in [-0.3, -0.25) is 0 Å². The highest BCUT2D eigenvalue weighted by molar-refractivity contribution is 7.90. The molecule has 0 fully saturated rings. The van der Waals surface area contributed by atoms with Crippen molar-refractivity contribution in [1.29, 1.82) is 0 Å². The van der Waals surface area contributed by atoms with Crippen LogP contribution in [0.15, 0.2) is 159 Å². The fourth-order valence-corrected chi connectivity index (χ4v) is 9.06. The molecule has 3 atom stereocenters. The maximum atomic E-state index is 14.2. The van der Waals surface area contributed by atoms with Gasteiger partial charge in [-0.15, -0.1) is 0 Å². The summed E-state index contributed by atoms with van der Waals surface area (Å²) >= 11 is 0. The van der Waals surface area contributed by atoms with Crippen LogP contribution in [0.3, 0.4) is 0 Å². The van der Waals surface area contributed by atoms with Crippen molar-refractivity contribution in [3.8, 4) is 11.1 Å². The average molecular weight is 598 g/mol. The summed E-state index contributed by atoms with van der Waals surface area (Å²) in [5, 5.41) is 3.31. The van der Waals surface area contributed by atoms with Crippen molar-refractivity contribution < 1.29 is 8.42 Å². The Hall–Kier alpha value is -4.72. The summed E-state index contributed by atoms with van der Waals surface area (Å²) < 4.78 is 27.9. The highest BCUT2D eigenvalue weighted by Crippen LogP contribution is 2.53. The van der Waals surface area contributed by atoms with Crippen LogP contribution in [0, 0.1) is 0 Å². The predicted octanol–water partition coefficient (Wildman–Crippen LogP) is 8.25. The van der Waals surface area contributed by atoms with Gasteiger partial charge < -0.3 is 15.1 Å². The Morgan fingerprint density at radius 3 is 2.00 bits per heavy atom. The van der Waals surface area contributed by atoms with Gasteiger partial charge in [-0.05, 0) is 72.6 Å². The fraction of sp³-hybridized carbons (Fsp3) is 0.0556. The van der Waals surface area contributed by atoms with E-state index in [1.807, 2.05) is 73.8 Å². The van der Waals surface area contributed by atoms with E-state index in [2.05, 4.69) is 81.8 Å². The van der Waals surface area contributed by atoms with Crippen LogP contribution < -0.4 is 15.1 Å². The Kier molecular flexibility index (Phi) is 6.17. The van der Waals surface area contributed by atoms with Gasteiger partial charge in [0.25, 0.3) is 0 Å². The van der Waals surface area contributed by atoms with Crippen molar-refractivity contribution >= 4 is 50.0 Å². The van der Waals surface area contributed by atoms with Gasteiger partial charge in [0.05, 0.1) is 64.3 Å². The van der Waals surface area contributed by atoms with Crippen molar-refractivity contribution in [1.82, 2.24) is 5.32 Å². The Morgan fingerprint density at radius 1 is 0.628 bits per heavy atom. The number of benzene rings is 5. The number of fused-ring (bicyclic) bond motifs is 4. The maximum absolute atomic E-state index is 14.2. The van der Waals surface area contributed by atoms with Gasteiger partial charge in [0, 0.05) is 23.3 Å². The van der Waals surface area contributed by atoms with Gasteiger partial charge in [0.15, 0.2) is 0 Å². The van der Waals surface area contributed by atoms with E-state index in [1.54, 1.807) is 0 Å². The Bertz CT molecular complexity index is 2000. The van der Waals surface area contributed by atoms with Crippen molar-refractivity contribution in [2.24, 2.45) is 0 Å². The van der Waals surface area contributed by atoms with E-state index in [0.717, 1.165) is 54.4 Å². The molecule has 0 aliphatic carbocycles. The molecule has 0 amide bonds. The number of anilines is 5. The predicted molar refractivity (Wildman–Crippen MR) is 176 cm³/mol. The number of nitrogens with zero attached hydrogens (tertiary/aromatic N) is 2. The van der Waals surface area contributed by atoms with Crippen molar-refractivity contribution in [3.63, 3.8) is 0 Å². The van der Waals surface area contributed by atoms with Crippen LogP contribution in [0.2, 0.25) is 0 Å². The summed E-state index contributed by atoms with van der Waals surface area (Å²) in [6, 6.07) is 43.0. The third-order valence-corrected chi connectivity index (χ3v) is 11.3. The first kappa shape index (κ1) is 25.9. The number of dihydropyridines is 1. The lowest BCUT2D eigenvalue weighted by atomic mass is 10.0. The SMILES string of the molecule is CC1NC=C2C3=C1S(=O)c1ccc(N(c4ccccc4)c4ccc(-c5ccccc5)cc4)cc1N3c1ccccc1S2=O. The third-order valence-electron chi connectivity index (χ3n) is 8.14. The zero-order valence-electron chi connectivity index (χ0n) is 23.3. The minimum atomic E-state index is -1.42. The van der Waals surface area contributed by atoms with Gasteiger partial charge >= 0.3 is 0 Å². The second-order valence-electron chi connectivity index (χ2n) is 10.7. The molecule has 7 heteroatoms. The molecule has 1 N–H and O–H groups in total. The third kappa shape index (κ3) is 4.11. The van der Waals surface area contributed by atoms with E-state index in [1.165, 1.54) is 5.56 Å². The summed E-state index contributed by atoms with van der Waals surface area (Å²) in [7, 11) is -2.80. The molecule has 0 saturated heterocycles. The largest absolute Gasteiger partial charge is 0.383 e. The quantitative estimate of drug-likeness (QED) is 0.226. The van der Waals surface area contributed by atoms with Crippen LogP contribution in [0.1, 0.15) is 6.92 Å². The van der Waals surface area contributed by atoms with Crippen molar-refractivity contribution in [2.75, 3.05) is 9.80 Å². The van der Waals surface area contributed by atoms with Crippen LogP contribution in [0.25, 0.3) is 11.1 Å². The Labute approximate surface area is 255 Å². The van der Waals surface area contributed by atoms with E-state index >= 15 is 0 Å². The van der Waals surface area contributed by atoms with Gasteiger partial charge in [0.1, 0.15) is 0 Å².